The fourth-order valence-corrected chi connectivity index (χ4v) is 7.07. The number of alkyl halides is 1. The molecule has 0 bridgehead atoms. The molecule has 144 valence electrons. The number of aliphatic hydroxyl groups is 1. The average Bonchev–Trinajstić information content (AvgIpc) is 2.85. The Morgan fingerprint density at radius 2 is 2.19 bits per heavy atom. The second kappa shape index (κ2) is 6.10. The van der Waals surface area contributed by atoms with Crippen LogP contribution < -0.4 is 0 Å². The van der Waals surface area contributed by atoms with Gasteiger partial charge in [0.1, 0.15) is 5.67 Å². The summed E-state index contributed by atoms with van der Waals surface area (Å²) in [6.45, 7) is 4.03. The number of hydrogen-bond acceptors (Lipinski definition) is 4. The van der Waals surface area contributed by atoms with Gasteiger partial charge in [0.25, 0.3) is 0 Å². The number of ketones is 2. The first-order chi connectivity index (χ1) is 12.7. The van der Waals surface area contributed by atoms with Crippen LogP contribution in [0.15, 0.2) is 23.8 Å². The number of nitrogens with zero attached hydrogens (tertiary/aromatic N) is 1. The van der Waals surface area contributed by atoms with Crippen molar-refractivity contribution in [3.8, 4) is 6.07 Å². The van der Waals surface area contributed by atoms with Crippen molar-refractivity contribution in [2.24, 2.45) is 35.0 Å². The molecule has 0 spiro atoms. The van der Waals surface area contributed by atoms with Crippen LogP contribution in [0, 0.1) is 46.3 Å². The first kappa shape index (κ1) is 18.6. The van der Waals surface area contributed by atoms with Crippen molar-refractivity contribution in [3.05, 3.63) is 23.8 Å². The molecule has 3 saturated carbocycles. The van der Waals surface area contributed by atoms with Gasteiger partial charge in [-0.2, -0.15) is 5.26 Å². The van der Waals surface area contributed by atoms with E-state index < -0.39 is 23.1 Å². The van der Waals surface area contributed by atoms with Crippen LogP contribution in [0.5, 0.6) is 0 Å². The van der Waals surface area contributed by atoms with Gasteiger partial charge in [0.2, 0.25) is 0 Å². The van der Waals surface area contributed by atoms with E-state index >= 15 is 4.39 Å². The maximum Gasteiger partial charge on any atom is 0.178 e. The summed E-state index contributed by atoms with van der Waals surface area (Å²) in [7, 11) is 0. The van der Waals surface area contributed by atoms with Crippen molar-refractivity contribution < 1.29 is 19.1 Å². The fraction of sp³-hybridized carbons (Fsp3) is 0.682. The normalized spacial score (nSPS) is 48.1. The number of rotatable bonds is 2. The van der Waals surface area contributed by atoms with Crippen LogP contribution in [0.2, 0.25) is 0 Å². The molecule has 3 fully saturated rings. The highest BCUT2D eigenvalue weighted by atomic mass is 19.1. The molecule has 1 N–H and O–H groups in total. The molecule has 5 heteroatoms. The lowest BCUT2D eigenvalue weighted by Gasteiger charge is -2.58. The topological polar surface area (TPSA) is 78.2 Å². The molecule has 4 nitrogen and oxygen atoms in total. The standard InChI is InChI=1S/C22H26FNO3/c1-12-9-17-16-5-3-13-10-14(25)4-6-15(13)22(16,23)19(27)11-21(17,2)20(12)18(26)7-8-24/h4,6,10,12,15-17,19-20,27H,3,5,7,9,11H2,1-2H3/t12-,15?,16?,17?,19+,20-,21+,22+/m1/s1. The van der Waals surface area contributed by atoms with Gasteiger partial charge < -0.3 is 5.11 Å². The molecule has 0 saturated heterocycles. The molecule has 0 aromatic heterocycles. The van der Waals surface area contributed by atoms with Crippen molar-refractivity contribution in [2.75, 3.05) is 0 Å². The minimum atomic E-state index is -1.79. The molecule has 3 unspecified atom stereocenters. The van der Waals surface area contributed by atoms with E-state index in [0.29, 0.717) is 12.8 Å². The smallest absolute Gasteiger partial charge is 0.178 e. The highest BCUT2D eigenvalue weighted by Crippen LogP contribution is 2.67. The molecule has 4 aliphatic carbocycles. The third kappa shape index (κ3) is 2.42. The number of fused-ring (bicyclic) bond motifs is 5. The quantitative estimate of drug-likeness (QED) is 0.808. The van der Waals surface area contributed by atoms with Gasteiger partial charge in [0.05, 0.1) is 18.6 Å². The Morgan fingerprint density at radius 3 is 2.89 bits per heavy atom. The van der Waals surface area contributed by atoms with E-state index in [1.165, 1.54) is 12.2 Å². The van der Waals surface area contributed by atoms with E-state index in [1.54, 1.807) is 6.08 Å². The van der Waals surface area contributed by atoms with E-state index in [0.717, 1.165) is 12.0 Å². The number of allylic oxidation sites excluding steroid dienone is 4. The number of Topliss-reactive ketones (excluding diaryl/α,β-unsaturated/α-hetero) is 1. The predicted octanol–water partition coefficient (Wildman–Crippen LogP) is 3.31. The molecule has 0 heterocycles. The zero-order valence-corrected chi connectivity index (χ0v) is 15.8. The number of aliphatic hydroxyl groups excluding tert-OH is 1. The zero-order chi connectivity index (χ0) is 19.6. The van der Waals surface area contributed by atoms with Gasteiger partial charge in [0.15, 0.2) is 11.6 Å². The van der Waals surface area contributed by atoms with Gasteiger partial charge in [-0.25, -0.2) is 4.39 Å². The van der Waals surface area contributed by atoms with Crippen molar-refractivity contribution in [1.29, 1.82) is 5.26 Å². The minimum absolute atomic E-state index is 0.00104. The molecule has 0 amide bonds. The maximum absolute atomic E-state index is 16.5. The molecule has 0 radical (unpaired) electrons. The maximum atomic E-state index is 16.5. The van der Waals surface area contributed by atoms with Crippen molar-refractivity contribution in [1.82, 2.24) is 0 Å². The molecule has 4 aliphatic rings. The van der Waals surface area contributed by atoms with Crippen molar-refractivity contribution >= 4 is 11.6 Å². The lowest BCUT2D eigenvalue weighted by molar-refractivity contribution is -0.175. The van der Waals surface area contributed by atoms with E-state index in [9.17, 15) is 14.7 Å². The Kier molecular flexibility index (Phi) is 4.19. The van der Waals surface area contributed by atoms with Crippen LogP contribution in [-0.2, 0) is 9.59 Å². The van der Waals surface area contributed by atoms with E-state index in [4.69, 9.17) is 5.26 Å². The average molecular weight is 371 g/mol. The third-order valence-corrected chi connectivity index (χ3v) is 7.95. The summed E-state index contributed by atoms with van der Waals surface area (Å²) in [5, 5.41) is 20.0. The summed E-state index contributed by atoms with van der Waals surface area (Å²) in [6, 6.07) is 1.96. The molecule has 4 rings (SSSR count). The lowest BCUT2D eigenvalue weighted by atomic mass is 9.49. The third-order valence-electron chi connectivity index (χ3n) is 7.95. The second-order valence-corrected chi connectivity index (χ2v) is 9.25. The number of halogens is 1. The first-order valence-corrected chi connectivity index (χ1v) is 9.92. The lowest BCUT2D eigenvalue weighted by Crippen LogP contribution is -2.63. The van der Waals surface area contributed by atoms with Crippen LogP contribution in [0.3, 0.4) is 0 Å². The molecule has 0 aromatic carbocycles. The largest absolute Gasteiger partial charge is 0.390 e. The molecular weight excluding hydrogens is 345 g/mol. The Balaban J connectivity index is 1.74. The summed E-state index contributed by atoms with van der Waals surface area (Å²) in [4.78, 5) is 24.4. The zero-order valence-electron chi connectivity index (χ0n) is 15.8. The van der Waals surface area contributed by atoms with E-state index in [2.05, 4.69) is 0 Å². The summed E-state index contributed by atoms with van der Waals surface area (Å²) < 4.78 is 16.5. The number of carbonyl (C=O) groups is 2. The summed E-state index contributed by atoms with van der Waals surface area (Å²) in [6.07, 6.45) is 5.47. The van der Waals surface area contributed by atoms with Gasteiger partial charge in [-0.15, -0.1) is 0 Å². The first-order valence-electron chi connectivity index (χ1n) is 9.92. The summed E-state index contributed by atoms with van der Waals surface area (Å²) in [5.41, 5.74) is -1.49. The molecule has 27 heavy (non-hydrogen) atoms. The molecular formula is C22H26FNO3. The molecule has 0 aromatic rings. The predicted molar refractivity (Wildman–Crippen MR) is 97.0 cm³/mol. The number of carbonyl (C=O) groups excluding carboxylic acids is 2. The van der Waals surface area contributed by atoms with E-state index in [1.807, 2.05) is 19.9 Å². The SMILES string of the molecule is C[C@@H]1CC2C3CCC4=CC(=O)C=CC4[C@@]3(F)[C@@H](O)C[C@]2(C)[C@H]1C(=O)CC#N. The van der Waals surface area contributed by atoms with Gasteiger partial charge in [-0.3, -0.25) is 9.59 Å². The second-order valence-electron chi connectivity index (χ2n) is 9.25. The highest BCUT2D eigenvalue weighted by Gasteiger charge is 2.68. The Bertz CT molecular complexity index is 796. The molecule has 8 atom stereocenters. The van der Waals surface area contributed by atoms with Gasteiger partial charge >= 0.3 is 0 Å². The van der Waals surface area contributed by atoms with Crippen LogP contribution in [-0.4, -0.2) is 28.4 Å². The van der Waals surface area contributed by atoms with Gasteiger partial charge in [0, 0.05) is 17.8 Å². The Hall–Kier alpha value is -1.80. The number of nitriles is 1. The van der Waals surface area contributed by atoms with E-state index in [-0.39, 0.29) is 48.1 Å². The van der Waals surface area contributed by atoms with Gasteiger partial charge in [-0.05, 0) is 55.1 Å². The Morgan fingerprint density at radius 1 is 1.44 bits per heavy atom. The summed E-state index contributed by atoms with van der Waals surface area (Å²) >= 11 is 0. The Labute approximate surface area is 159 Å². The minimum Gasteiger partial charge on any atom is -0.390 e. The van der Waals surface area contributed by atoms with Crippen molar-refractivity contribution in [2.45, 2.75) is 57.7 Å². The number of hydrogen-bond donors (Lipinski definition) is 1. The summed E-state index contributed by atoms with van der Waals surface area (Å²) in [5.74, 6) is -1.31. The van der Waals surface area contributed by atoms with Crippen LogP contribution in [0.25, 0.3) is 0 Å². The van der Waals surface area contributed by atoms with Crippen LogP contribution in [0.4, 0.5) is 4.39 Å². The van der Waals surface area contributed by atoms with Crippen LogP contribution >= 0.6 is 0 Å². The fourth-order valence-electron chi connectivity index (χ4n) is 7.07. The van der Waals surface area contributed by atoms with Gasteiger partial charge in [-0.1, -0.05) is 25.5 Å². The van der Waals surface area contributed by atoms with Crippen LogP contribution in [0.1, 0.15) is 46.0 Å². The van der Waals surface area contributed by atoms with Crippen molar-refractivity contribution in [3.63, 3.8) is 0 Å². The monoisotopic (exact) mass is 371 g/mol. The highest BCUT2D eigenvalue weighted by molar-refractivity contribution is 6.01. The molecule has 0 aliphatic heterocycles.